The molecule has 0 aromatic heterocycles. The average molecular weight is 281 g/mol. The molecule has 1 N–H and O–H groups in total. The maximum absolute atomic E-state index is 4.76. The van der Waals surface area contributed by atoms with E-state index in [4.69, 9.17) is 4.98 Å². The van der Waals surface area contributed by atoms with Crippen LogP contribution >= 0.6 is 0 Å². The van der Waals surface area contributed by atoms with Gasteiger partial charge in [0.05, 0.1) is 5.52 Å². The van der Waals surface area contributed by atoms with E-state index in [1.165, 1.54) is 42.3 Å². The van der Waals surface area contributed by atoms with Crippen LogP contribution in [0.15, 0.2) is 36.5 Å². The molecule has 0 spiro atoms. The molecule has 3 heteroatoms. The second-order valence-corrected chi connectivity index (χ2v) is 5.69. The minimum Gasteiger partial charge on any atom is -0.385 e. The van der Waals surface area contributed by atoms with Crippen LogP contribution in [-0.4, -0.2) is 16.1 Å². The Balaban J connectivity index is 1.79. The third kappa shape index (κ3) is 2.87. The lowest BCUT2D eigenvalue weighted by Crippen LogP contribution is -2.00. The van der Waals surface area contributed by atoms with Crippen molar-refractivity contribution in [3.05, 3.63) is 36.5 Å². The Kier molecular flexibility index (Phi) is 4.09. The fourth-order valence-electron chi connectivity index (χ4n) is 2.81. The van der Waals surface area contributed by atoms with E-state index < -0.39 is 0 Å². The van der Waals surface area contributed by atoms with Gasteiger partial charge in [0.2, 0.25) is 0 Å². The van der Waals surface area contributed by atoms with E-state index >= 15 is 0 Å². The number of hydrogen-bond acceptors (Lipinski definition) is 2. The zero-order valence-electron chi connectivity index (χ0n) is 12.9. The molecule has 1 aromatic rings. The van der Waals surface area contributed by atoms with Gasteiger partial charge in [-0.3, -0.25) is 0 Å². The predicted octanol–water partition coefficient (Wildman–Crippen LogP) is 4.67. The smallest absolute Gasteiger partial charge is 0.140 e. The summed E-state index contributed by atoms with van der Waals surface area (Å²) in [6.07, 6.45) is 7.19. The summed E-state index contributed by atoms with van der Waals surface area (Å²) in [5.41, 5.74) is 3.47. The molecule has 0 bridgehead atoms. The molecule has 0 aliphatic carbocycles. The Hall–Kier alpha value is -2.03. The Morgan fingerprint density at radius 3 is 2.90 bits per heavy atom. The van der Waals surface area contributed by atoms with Crippen LogP contribution in [0.1, 0.15) is 32.6 Å². The average Bonchev–Trinajstić information content (AvgIpc) is 2.86. The standard InChI is InChI=1S/C18H23N3/c1-3-4-5-6-11-19-14-9-10-15-16-8-7-12-21(2)18(16)20-17(15)13-14/h7-10,12-13,19H,3-6,11H2,1-2H3. The molecule has 0 unspecified atom stereocenters. The van der Waals surface area contributed by atoms with Crippen LogP contribution < -0.4 is 5.32 Å². The molecular weight excluding hydrogens is 258 g/mol. The van der Waals surface area contributed by atoms with Crippen molar-refractivity contribution in [2.75, 3.05) is 11.9 Å². The molecule has 21 heavy (non-hydrogen) atoms. The van der Waals surface area contributed by atoms with Gasteiger partial charge in [0, 0.05) is 36.4 Å². The number of unbranched alkanes of at least 4 members (excludes halogenated alkanes) is 3. The molecule has 1 aromatic carbocycles. The lowest BCUT2D eigenvalue weighted by molar-refractivity contribution is 0.685. The van der Waals surface area contributed by atoms with E-state index in [-0.39, 0.29) is 0 Å². The molecular formula is C18H23N3. The SMILES string of the molecule is CCCCCCNc1ccc2c3cccn(C)c-3nc2c1. The quantitative estimate of drug-likeness (QED) is 0.665. The Bertz CT molecular complexity index is 699. The number of pyridine rings is 1. The third-order valence-electron chi connectivity index (χ3n) is 4.02. The van der Waals surface area contributed by atoms with Crippen LogP contribution in [-0.2, 0) is 7.05 Å². The van der Waals surface area contributed by atoms with Gasteiger partial charge in [-0.1, -0.05) is 32.3 Å². The summed E-state index contributed by atoms with van der Waals surface area (Å²) in [4.78, 5) is 4.76. The summed E-state index contributed by atoms with van der Waals surface area (Å²) in [6.45, 7) is 3.28. The van der Waals surface area contributed by atoms with Crippen molar-refractivity contribution in [2.45, 2.75) is 32.6 Å². The van der Waals surface area contributed by atoms with E-state index in [2.05, 4.69) is 47.1 Å². The topological polar surface area (TPSA) is 29.9 Å². The zero-order chi connectivity index (χ0) is 14.7. The van der Waals surface area contributed by atoms with Crippen molar-refractivity contribution >= 4 is 16.6 Å². The normalized spacial score (nSPS) is 11.3. The highest BCUT2D eigenvalue weighted by atomic mass is 15.0. The molecule has 0 fully saturated rings. The van der Waals surface area contributed by atoms with E-state index in [1.807, 2.05) is 13.2 Å². The lowest BCUT2D eigenvalue weighted by Gasteiger charge is -2.06. The Morgan fingerprint density at radius 2 is 2.05 bits per heavy atom. The molecule has 0 amide bonds. The first kappa shape index (κ1) is 13.9. The van der Waals surface area contributed by atoms with Crippen LogP contribution in [0, 0.1) is 0 Å². The lowest BCUT2D eigenvalue weighted by atomic mass is 10.1. The van der Waals surface area contributed by atoms with Crippen LogP contribution in [0.4, 0.5) is 5.69 Å². The van der Waals surface area contributed by atoms with Gasteiger partial charge in [-0.05, 0) is 30.7 Å². The molecule has 0 radical (unpaired) electrons. The maximum atomic E-state index is 4.76. The minimum atomic E-state index is 1.04. The van der Waals surface area contributed by atoms with Crippen molar-refractivity contribution in [2.24, 2.45) is 7.05 Å². The molecule has 2 aliphatic rings. The molecule has 0 saturated carbocycles. The number of nitrogens with zero attached hydrogens (tertiary/aromatic N) is 2. The zero-order valence-corrected chi connectivity index (χ0v) is 12.9. The molecule has 2 aliphatic heterocycles. The summed E-state index contributed by atoms with van der Waals surface area (Å²) in [5.74, 6) is 1.05. The van der Waals surface area contributed by atoms with Crippen molar-refractivity contribution in [3.63, 3.8) is 0 Å². The highest BCUT2D eigenvalue weighted by Gasteiger charge is 2.13. The van der Waals surface area contributed by atoms with Crippen LogP contribution in [0.5, 0.6) is 0 Å². The van der Waals surface area contributed by atoms with Crippen LogP contribution in [0.25, 0.3) is 22.3 Å². The number of aryl methyl sites for hydroxylation is 1. The van der Waals surface area contributed by atoms with Gasteiger partial charge in [-0.25, -0.2) is 4.98 Å². The number of fused-ring (bicyclic) bond motifs is 3. The summed E-state index contributed by atoms with van der Waals surface area (Å²) in [7, 11) is 2.04. The van der Waals surface area contributed by atoms with Crippen molar-refractivity contribution in [1.29, 1.82) is 0 Å². The van der Waals surface area contributed by atoms with Crippen LogP contribution in [0.3, 0.4) is 0 Å². The Labute approximate surface area is 126 Å². The molecule has 3 nitrogen and oxygen atoms in total. The minimum absolute atomic E-state index is 1.04. The van der Waals surface area contributed by atoms with Gasteiger partial charge < -0.3 is 9.88 Å². The van der Waals surface area contributed by atoms with E-state index in [0.29, 0.717) is 0 Å². The van der Waals surface area contributed by atoms with Crippen molar-refractivity contribution in [1.82, 2.24) is 9.55 Å². The maximum Gasteiger partial charge on any atom is 0.140 e. The first-order valence-electron chi connectivity index (χ1n) is 7.88. The molecule has 110 valence electrons. The molecule has 0 atom stereocenters. The first-order valence-corrected chi connectivity index (χ1v) is 7.88. The van der Waals surface area contributed by atoms with Gasteiger partial charge in [-0.15, -0.1) is 0 Å². The second-order valence-electron chi connectivity index (χ2n) is 5.69. The summed E-state index contributed by atoms with van der Waals surface area (Å²) < 4.78 is 2.08. The molecule has 2 heterocycles. The van der Waals surface area contributed by atoms with Gasteiger partial charge in [-0.2, -0.15) is 0 Å². The summed E-state index contributed by atoms with van der Waals surface area (Å²) in [6, 6.07) is 10.7. The van der Waals surface area contributed by atoms with Gasteiger partial charge in [0.1, 0.15) is 5.82 Å². The molecule has 3 rings (SSSR count). The predicted molar refractivity (Wildman–Crippen MR) is 90.0 cm³/mol. The van der Waals surface area contributed by atoms with Crippen molar-refractivity contribution < 1.29 is 0 Å². The monoisotopic (exact) mass is 281 g/mol. The Morgan fingerprint density at radius 1 is 1.14 bits per heavy atom. The van der Waals surface area contributed by atoms with E-state index in [1.54, 1.807) is 0 Å². The van der Waals surface area contributed by atoms with Gasteiger partial charge in [0.25, 0.3) is 0 Å². The largest absolute Gasteiger partial charge is 0.385 e. The second kappa shape index (κ2) is 6.17. The number of hydrogen-bond donors (Lipinski definition) is 1. The number of benzene rings is 1. The van der Waals surface area contributed by atoms with Crippen molar-refractivity contribution in [3.8, 4) is 11.4 Å². The third-order valence-corrected chi connectivity index (χ3v) is 4.02. The number of anilines is 1. The number of rotatable bonds is 6. The van der Waals surface area contributed by atoms with E-state index in [9.17, 15) is 0 Å². The fraction of sp³-hybridized carbons (Fsp3) is 0.389. The summed E-state index contributed by atoms with van der Waals surface area (Å²) >= 11 is 0. The summed E-state index contributed by atoms with van der Waals surface area (Å²) in [5, 5.41) is 4.74. The first-order chi connectivity index (χ1) is 10.3. The number of nitrogens with one attached hydrogen (secondary N) is 1. The van der Waals surface area contributed by atoms with Gasteiger partial charge in [0.15, 0.2) is 0 Å². The highest BCUT2D eigenvalue weighted by molar-refractivity contribution is 5.97. The van der Waals surface area contributed by atoms with Crippen LogP contribution in [0.2, 0.25) is 0 Å². The van der Waals surface area contributed by atoms with E-state index in [0.717, 1.165) is 17.9 Å². The number of aromatic nitrogens is 2. The highest BCUT2D eigenvalue weighted by Crippen LogP contribution is 2.31. The van der Waals surface area contributed by atoms with Gasteiger partial charge >= 0.3 is 0 Å². The molecule has 0 saturated heterocycles. The fourth-order valence-corrected chi connectivity index (χ4v) is 2.81.